The van der Waals surface area contributed by atoms with E-state index in [2.05, 4.69) is 53.0 Å². The Morgan fingerprint density at radius 3 is 2.55 bits per heavy atom. The van der Waals surface area contributed by atoms with Crippen molar-refractivity contribution < 1.29 is 0 Å². The second-order valence-electron chi connectivity index (χ2n) is 6.31. The minimum atomic E-state index is 0.121. The third-order valence-corrected chi connectivity index (χ3v) is 5.43. The first-order valence-electron chi connectivity index (χ1n) is 7.78. The van der Waals surface area contributed by atoms with Gasteiger partial charge in [-0.15, -0.1) is 0 Å². The lowest BCUT2D eigenvalue weighted by Crippen LogP contribution is -2.36. The summed E-state index contributed by atoms with van der Waals surface area (Å²) >= 11 is 3.59. The monoisotopic (exact) mass is 338 g/mol. The molecule has 1 aliphatic carbocycles. The molecule has 20 heavy (non-hydrogen) atoms. The SMILES string of the molecule is CC1CCC(N(C)CCC(N)c2ccccc2Br)CC1. The third-order valence-electron chi connectivity index (χ3n) is 4.71. The Kier molecular flexibility index (Phi) is 6.06. The fraction of sp³-hybridized carbons (Fsp3) is 0.647. The van der Waals surface area contributed by atoms with Crippen LogP contribution in [-0.2, 0) is 0 Å². The van der Waals surface area contributed by atoms with Gasteiger partial charge in [-0.25, -0.2) is 0 Å². The van der Waals surface area contributed by atoms with Gasteiger partial charge in [0.05, 0.1) is 0 Å². The van der Waals surface area contributed by atoms with Crippen molar-refractivity contribution in [1.29, 1.82) is 0 Å². The molecular formula is C17H27BrN2. The van der Waals surface area contributed by atoms with Crippen molar-refractivity contribution in [2.45, 2.75) is 51.1 Å². The number of nitrogens with two attached hydrogens (primary N) is 1. The average molecular weight is 339 g/mol. The second kappa shape index (κ2) is 7.58. The first-order valence-corrected chi connectivity index (χ1v) is 8.57. The van der Waals surface area contributed by atoms with Gasteiger partial charge in [-0.3, -0.25) is 0 Å². The molecule has 1 unspecified atom stereocenters. The van der Waals surface area contributed by atoms with E-state index < -0.39 is 0 Å². The molecule has 1 aliphatic rings. The Hall–Kier alpha value is -0.380. The molecule has 0 aliphatic heterocycles. The number of halogens is 1. The first kappa shape index (κ1) is 16.0. The van der Waals surface area contributed by atoms with Crippen LogP contribution in [0.5, 0.6) is 0 Å². The lowest BCUT2D eigenvalue weighted by atomic mass is 9.86. The summed E-state index contributed by atoms with van der Waals surface area (Å²) < 4.78 is 1.13. The van der Waals surface area contributed by atoms with Crippen LogP contribution >= 0.6 is 15.9 Å². The van der Waals surface area contributed by atoms with E-state index in [1.807, 2.05) is 6.07 Å². The van der Waals surface area contributed by atoms with Crippen LogP contribution < -0.4 is 5.73 Å². The van der Waals surface area contributed by atoms with Gasteiger partial charge in [-0.2, -0.15) is 0 Å². The second-order valence-corrected chi connectivity index (χ2v) is 7.17. The Labute approximate surface area is 131 Å². The van der Waals surface area contributed by atoms with Crippen LogP contribution in [0.25, 0.3) is 0 Å². The highest BCUT2D eigenvalue weighted by Crippen LogP contribution is 2.28. The molecule has 1 atom stereocenters. The van der Waals surface area contributed by atoms with Crippen LogP contribution in [0.4, 0.5) is 0 Å². The van der Waals surface area contributed by atoms with Gasteiger partial charge in [0.2, 0.25) is 0 Å². The topological polar surface area (TPSA) is 29.3 Å². The largest absolute Gasteiger partial charge is 0.324 e. The molecule has 0 heterocycles. The van der Waals surface area contributed by atoms with Crippen LogP contribution in [0.15, 0.2) is 28.7 Å². The maximum Gasteiger partial charge on any atom is 0.0318 e. The molecule has 0 radical (unpaired) electrons. The first-order chi connectivity index (χ1) is 9.58. The van der Waals surface area contributed by atoms with E-state index >= 15 is 0 Å². The van der Waals surface area contributed by atoms with E-state index in [4.69, 9.17) is 5.73 Å². The van der Waals surface area contributed by atoms with E-state index in [0.29, 0.717) is 0 Å². The Bertz CT molecular complexity index is 413. The van der Waals surface area contributed by atoms with Crippen LogP contribution in [-0.4, -0.2) is 24.5 Å². The maximum absolute atomic E-state index is 6.34. The molecule has 2 nitrogen and oxygen atoms in total. The summed E-state index contributed by atoms with van der Waals surface area (Å²) in [5.41, 5.74) is 7.56. The van der Waals surface area contributed by atoms with Gasteiger partial charge in [0, 0.05) is 16.6 Å². The molecule has 0 aromatic heterocycles. The lowest BCUT2D eigenvalue weighted by Gasteiger charge is -2.34. The fourth-order valence-electron chi connectivity index (χ4n) is 3.14. The molecule has 2 rings (SSSR count). The minimum Gasteiger partial charge on any atom is -0.324 e. The predicted octanol–water partition coefficient (Wildman–Crippen LogP) is 4.35. The van der Waals surface area contributed by atoms with Crippen molar-refractivity contribution in [3.63, 3.8) is 0 Å². The quantitative estimate of drug-likeness (QED) is 0.864. The van der Waals surface area contributed by atoms with Crippen LogP contribution in [0.3, 0.4) is 0 Å². The fourth-order valence-corrected chi connectivity index (χ4v) is 3.72. The van der Waals surface area contributed by atoms with Crippen molar-refractivity contribution in [2.24, 2.45) is 11.7 Å². The summed E-state index contributed by atoms with van der Waals surface area (Å²) in [5.74, 6) is 0.919. The zero-order valence-corrected chi connectivity index (χ0v) is 14.3. The summed E-state index contributed by atoms with van der Waals surface area (Å²) in [7, 11) is 2.26. The van der Waals surface area contributed by atoms with Gasteiger partial charge in [-0.05, 0) is 63.2 Å². The standard InChI is InChI=1S/C17H27BrN2/c1-13-7-9-14(10-8-13)20(2)12-11-17(19)15-5-3-4-6-16(15)18/h3-6,13-14,17H,7-12,19H2,1-2H3. The van der Waals surface area contributed by atoms with Crippen molar-refractivity contribution in [3.05, 3.63) is 34.3 Å². The van der Waals surface area contributed by atoms with Crippen LogP contribution in [0, 0.1) is 5.92 Å². The number of hydrogen-bond donors (Lipinski definition) is 1. The average Bonchev–Trinajstić information content (AvgIpc) is 2.45. The molecule has 0 saturated heterocycles. The molecule has 0 spiro atoms. The summed E-state index contributed by atoms with van der Waals surface area (Å²) in [6.45, 7) is 3.46. The summed E-state index contributed by atoms with van der Waals surface area (Å²) in [6, 6.07) is 9.17. The van der Waals surface area contributed by atoms with E-state index in [1.165, 1.54) is 31.2 Å². The van der Waals surface area contributed by atoms with Crippen molar-refractivity contribution in [3.8, 4) is 0 Å². The normalized spacial score (nSPS) is 24.9. The van der Waals surface area contributed by atoms with Gasteiger partial charge in [0.15, 0.2) is 0 Å². The van der Waals surface area contributed by atoms with Crippen molar-refractivity contribution in [2.75, 3.05) is 13.6 Å². The molecule has 1 saturated carbocycles. The molecule has 1 aromatic carbocycles. The van der Waals surface area contributed by atoms with Gasteiger partial charge in [0.25, 0.3) is 0 Å². The maximum atomic E-state index is 6.34. The minimum absolute atomic E-state index is 0.121. The highest BCUT2D eigenvalue weighted by molar-refractivity contribution is 9.10. The Balaban J connectivity index is 1.81. The smallest absolute Gasteiger partial charge is 0.0318 e. The summed E-state index contributed by atoms with van der Waals surface area (Å²) in [6.07, 6.45) is 6.48. The molecule has 3 heteroatoms. The Morgan fingerprint density at radius 1 is 1.25 bits per heavy atom. The van der Waals surface area contributed by atoms with E-state index in [0.717, 1.165) is 29.4 Å². The predicted molar refractivity (Wildman–Crippen MR) is 89.7 cm³/mol. The van der Waals surface area contributed by atoms with E-state index in [9.17, 15) is 0 Å². The number of benzene rings is 1. The van der Waals surface area contributed by atoms with Gasteiger partial charge in [0.1, 0.15) is 0 Å². The van der Waals surface area contributed by atoms with Gasteiger partial charge >= 0.3 is 0 Å². The molecule has 1 aromatic rings. The molecule has 112 valence electrons. The van der Waals surface area contributed by atoms with Gasteiger partial charge < -0.3 is 10.6 Å². The van der Waals surface area contributed by atoms with Crippen molar-refractivity contribution >= 4 is 15.9 Å². The molecule has 0 bridgehead atoms. The highest BCUT2D eigenvalue weighted by Gasteiger charge is 2.22. The number of hydrogen-bond acceptors (Lipinski definition) is 2. The molecule has 2 N–H and O–H groups in total. The zero-order chi connectivity index (χ0) is 14.5. The molecule has 0 amide bonds. The van der Waals surface area contributed by atoms with E-state index in [-0.39, 0.29) is 6.04 Å². The van der Waals surface area contributed by atoms with Crippen molar-refractivity contribution in [1.82, 2.24) is 4.90 Å². The van der Waals surface area contributed by atoms with Gasteiger partial charge in [-0.1, -0.05) is 41.1 Å². The summed E-state index contributed by atoms with van der Waals surface area (Å²) in [4.78, 5) is 2.52. The Morgan fingerprint density at radius 2 is 1.90 bits per heavy atom. The van der Waals surface area contributed by atoms with Crippen LogP contribution in [0.1, 0.15) is 50.6 Å². The van der Waals surface area contributed by atoms with Crippen LogP contribution in [0.2, 0.25) is 0 Å². The zero-order valence-electron chi connectivity index (χ0n) is 12.7. The summed E-state index contributed by atoms with van der Waals surface area (Å²) in [5, 5.41) is 0. The number of nitrogens with zero attached hydrogens (tertiary/aromatic N) is 1. The number of rotatable bonds is 5. The van der Waals surface area contributed by atoms with E-state index in [1.54, 1.807) is 0 Å². The highest BCUT2D eigenvalue weighted by atomic mass is 79.9. The molecule has 1 fully saturated rings. The third kappa shape index (κ3) is 4.31. The molecular weight excluding hydrogens is 312 g/mol. The lowest BCUT2D eigenvalue weighted by molar-refractivity contribution is 0.166.